The van der Waals surface area contributed by atoms with Crippen molar-refractivity contribution in [3.8, 4) is 0 Å². The van der Waals surface area contributed by atoms with Gasteiger partial charge in [0.1, 0.15) is 0 Å². The van der Waals surface area contributed by atoms with Gasteiger partial charge in [-0.3, -0.25) is 0 Å². The normalized spacial score (nSPS) is 37.7. The Morgan fingerprint density at radius 3 is 1.83 bits per heavy atom. The number of rotatable bonds is 5. The molecule has 0 amide bonds. The van der Waals surface area contributed by atoms with Crippen molar-refractivity contribution < 1.29 is 0 Å². The van der Waals surface area contributed by atoms with Gasteiger partial charge in [-0.2, -0.15) is 0 Å². The van der Waals surface area contributed by atoms with Crippen molar-refractivity contribution >= 4 is 0 Å². The van der Waals surface area contributed by atoms with E-state index in [-0.39, 0.29) is 0 Å². The number of hydrogen-bond acceptors (Lipinski definition) is 0. The van der Waals surface area contributed by atoms with E-state index in [0.29, 0.717) is 0 Å². The largest absolute Gasteiger partial charge is 0.0654 e. The number of unbranched alkanes of at least 4 members (excludes halogenated alkanes) is 2. The second-order valence-corrected chi connectivity index (χ2v) is 7.30. The highest BCUT2D eigenvalue weighted by molar-refractivity contribution is 4.81. The predicted molar refractivity (Wildman–Crippen MR) is 80.7 cm³/mol. The van der Waals surface area contributed by atoms with Gasteiger partial charge in [0.15, 0.2) is 0 Å². The molecular formula is C18H34. The zero-order valence-electron chi connectivity index (χ0n) is 12.8. The molecule has 0 spiro atoms. The molecule has 2 saturated carbocycles. The molecule has 0 unspecified atom stereocenters. The predicted octanol–water partition coefficient (Wildman–Crippen LogP) is 6.20. The van der Waals surface area contributed by atoms with Crippen LogP contribution in [0.25, 0.3) is 0 Å². The summed E-state index contributed by atoms with van der Waals surface area (Å²) in [5.74, 6) is 4.33. The van der Waals surface area contributed by atoms with E-state index in [1.807, 2.05) is 0 Å². The zero-order valence-corrected chi connectivity index (χ0v) is 12.8. The van der Waals surface area contributed by atoms with E-state index in [1.165, 1.54) is 38.5 Å². The second-order valence-electron chi connectivity index (χ2n) is 7.30. The smallest absolute Gasteiger partial charge is 0.0386 e. The topological polar surface area (TPSA) is 0 Å². The molecule has 0 atom stereocenters. The van der Waals surface area contributed by atoms with Gasteiger partial charge in [0.05, 0.1) is 0 Å². The molecule has 0 radical (unpaired) electrons. The van der Waals surface area contributed by atoms with Gasteiger partial charge in [-0.15, -0.1) is 0 Å². The molecule has 0 aromatic carbocycles. The fourth-order valence-corrected chi connectivity index (χ4v) is 4.39. The highest BCUT2D eigenvalue weighted by Gasteiger charge is 2.29. The van der Waals surface area contributed by atoms with E-state index < -0.39 is 0 Å². The first-order valence-corrected chi connectivity index (χ1v) is 8.79. The Morgan fingerprint density at radius 2 is 1.28 bits per heavy atom. The molecule has 106 valence electrons. The fourth-order valence-electron chi connectivity index (χ4n) is 4.39. The summed E-state index contributed by atoms with van der Waals surface area (Å²) in [5.41, 5.74) is 0. The lowest BCUT2D eigenvalue weighted by atomic mass is 9.69. The van der Waals surface area contributed by atoms with E-state index in [1.54, 1.807) is 38.5 Å². The maximum Gasteiger partial charge on any atom is -0.0386 e. The summed E-state index contributed by atoms with van der Waals surface area (Å²) in [5, 5.41) is 0. The Balaban J connectivity index is 1.63. The first-order valence-electron chi connectivity index (χ1n) is 8.79. The molecule has 2 aliphatic carbocycles. The highest BCUT2D eigenvalue weighted by atomic mass is 14.3. The Hall–Kier alpha value is 0. The molecule has 0 bridgehead atoms. The maximum absolute atomic E-state index is 2.45. The van der Waals surface area contributed by atoms with Gasteiger partial charge in [-0.05, 0) is 49.4 Å². The lowest BCUT2D eigenvalue weighted by Crippen LogP contribution is -2.25. The molecule has 0 saturated heterocycles. The Labute approximate surface area is 115 Å². The van der Waals surface area contributed by atoms with Crippen LogP contribution >= 0.6 is 0 Å². The van der Waals surface area contributed by atoms with Crippen molar-refractivity contribution in [1.82, 2.24) is 0 Å². The van der Waals surface area contributed by atoms with Crippen molar-refractivity contribution in [3.05, 3.63) is 0 Å². The average molecular weight is 250 g/mol. The van der Waals surface area contributed by atoms with Crippen LogP contribution in [0.5, 0.6) is 0 Å². The average Bonchev–Trinajstić information content (AvgIpc) is 2.41. The molecule has 0 N–H and O–H groups in total. The second kappa shape index (κ2) is 7.56. The van der Waals surface area contributed by atoms with E-state index in [4.69, 9.17) is 0 Å². The Bertz CT molecular complexity index is 204. The standard InChI is InChI=1S/C18H34/c1-3-4-5-6-16-9-13-18(14-10-16)17-11-7-15(2)8-12-17/h15-18H,3-14H2,1-2H3. The van der Waals surface area contributed by atoms with Crippen LogP contribution < -0.4 is 0 Å². The zero-order chi connectivity index (χ0) is 12.8. The first kappa shape index (κ1) is 14.4. The SMILES string of the molecule is CCCCCC1CCC(C2CCC(C)CC2)CC1. The van der Waals surface area contributed by atoms with E-state index >= 15 is 0 Å². The van der Waals surface area contributed by atoms with Crippen LogP contribution in [-0.2, 0) is 0 Å². The molecule has 0 aromatic heterocycles. The minimum absolute atomic E-state index is 1.02. The molecule has 0 nitrogen and oxygen atoms in total. The van der Waals surface area contributed by atoms with E-state index in [9.17, 15) is 0 Å². The van der Waals surface area contributed by atoms with Crippen LogP contribution in [0.2, 0.25) is 0 Å². The third-order valence-electron chi connectivity index (χ3n) is 5.83. The van der Waals surface area contributed by atoms with Crippen molar-refractivity contribution in [3.63, 3.8) is 0 Å². The van der Waals surface area contributed by atoms with Crippen molar-refractivity contribution in [2.24, 2.45) is 23.7 Å². The van der Waals surface area contributed by atoms with Crippen molar-refractivity contribution in [2.75, 3.05) is 0 Å². The molecule has 0 heterocycles. The van der Waals surface area contributed by atoms with E-state index in [2.05, 4.69) is 13.8 Å². The Morgan fingerprint density at radius 1 is 0.722 bits per heavy atom. The lowest BCUT2D eigenvalue weighted by molar-refractivity contribution is 0.146. The molecule has 0 aromatic rings. The summed E-state index contributed by atoms with van der Waals surface area (Å²) in [7, 11) is 0. The van der Waals surface area contributed by atoms with Crippen molar-refractivity contribution in [1.29, 1.82) is 0 Å². The monoisotopic (exact) mass is 250 g/mol. The van der Waals surface area contributed by atoms with Crippen LogP contribution in [0.15, 0.2) is 0 Å². The molecule has 2 fully saturated rings. The van der Waals surface area contributed by atoms with Gasteiger partial charge in [-0.25, -0.2) is 0 Å². The first-order chi connectivity index (χ1) is 8.79. The van der Waals surface area contributed by atoms with Gasteiger partial charge >= 0.3 is 0 Å². The van der Waals surface area contributed by atoms with Gasteiger partial charge in [-0.1, -0.05) is 65.2 Å². The third-order valence-corrected chi connectivity index (χ3v) is 5.83. The van der Waals surface area contributed by atoms with Gasteiger partial charge in [0.2, 0.25) is 0 Å². The molecule has 2 aliphatic rings. The van der Waals surface area contributed by atoms with Crippen LogP contribution in [0.1, 0.15) is 90.9 Å². The molecule has 18 heavy (non-hydrogen) atoms. The fraction of sp³-hybridized carbons (Fsp3) is 1.00. The molecular weight excluding hydrogens is 216 g/mol. The van der Waals surface area contributed by atoms with Crippen LogP contribution in [0.4, 0.5) is 0 Å². The van der Waals surface area contributed by atoms with Gasteiger partial charge in [0.25, 0.3) is 0 Å². The summed E-state index contributed by atoms with van der Waals surface area (Å²) in [6, 6.07) is 0. The quantitative estimate of drug-likeness (QED) is 0.510. The van der Waals surface area contributed by atoms with Gasteiger partial charge < -0.3 is 0 Å². The summed E-state index contributed by atoms with van der Waals surface area (Å²) in [4.78, 5) is 0. The summed E-state index contributed by atoms with van der Waals surface area (Å²) < 4.78 is 0. The highest BCUT2D eigenvalue weighted by Crippen LogP contribution is 2.42. The Kier molecular flexibility index (Phi) is 6.05. The van der Waals surface area contributed by atoms with Crippen molar-refractivity contribution in [2.45, 2.75) is 90.9 Å². The van der Waals surface area contributed by atoms with E-state index in [0.717, 1.165) is 23.7 Å². The summed E-state index contributed by atoms with van der Waals surface area (Å²) in [6.07, 6.45) is 18.2. The minimum Gasteiger partial charge on any atom is -0.0654 e. The summed E-state index contributed by atoms with van der Waals surface area (Å²) in [6.45, 7) is 4.77. The lowest BCUT2D eigenvalue weighted by Gasteiger charge is -2.37. The maximum atomic E-state index is 2.45. The molecule has 0 aliphatic heterocycles. The van der Waals surface area contributed by atoms with Crippen LogP contribution in [-0.4, -0.2) is 0 Å². The van der Waals surface area contributed by atoms with Crippen LogP contribution in [0, 0.1) is 23.7 Å². The number of hydrogen-bond donors (Lipinski definition) is 0. The third kappa shape index (κ3) is 4.28. The molecule has 0 heteroatoms. The molecule has 2 rings (SSSR count). The minimum atomic E-state index is 1.02. The van der Waals surface area contributed by atoms with Gasteiger partial charge in [0, 0.05) is 0 Å². The van der Waals surface area contributed by atoms with Crippen LogP contribution in [0.3, 0.4) is 0 Å². The summed E-state index contributed by atoms with van der Waals surface area (Å²) >= 11 is 0.